The van der Waals surface area contributed by atoms with Gasteiger partial charge in [0.15, 0.2) is 0 Å². The molecule has 0 aliphatic heterocycles. The van der Waals surface area contributed by atoms with Crippen molar-refractivity contribution in [3.05, 3.63) is 39.8 Å². The molecule has 0 saturated heterocycles. The maximum Gasteiger partial charge on any atom is 0.348 e. The highest BCUT2D eigenvalue weighted by atomic mass is 32.1. The Kier molecular flexibility index (Phi) is 3.86. The van der Waals surface area contributed by atoms with Crippen LogP contribution in [-0.4, -0.2) is 11.1 Å². The van der Waals surface area contributed by atoms with E-state index >= 15 is 0 Å². The number of carbonyl (C=O) groups is 1. The van der Waals surface area contributed by atoms with E-state index in [4.69, 9.17) is 5.73 Å². The normalized spacial score (nSPS) is 11.1. The van der Waals surface area contributed by atoms with Crippen LogP contribution in [0.1, 0.15) is 46.1 Å². The van der Waals surface area contributed by atoms with Crippen LogP contribution in [0.4, 0.5) is 5.69 Å². The van der Waals surface area contributed by atoms with E-state index in [0.29, 0.717) is 5.69 Å². The molecular formula is C16H19NO2S. The summed E-state index contributed by atoms with van der Waals surface area (Å²) in [5.74, 6) is -0.763. The Morgan fingerprint density at radius 1 is 1.30 bits per heavy atom. The number of aryl methyl sites for hydroxylation is 2. The van der Waals surface area contributed by atoms with E-state index in [2.05, 4.69) is 6.07 Å². The Labute approximate surface area is 123 Å². The van der Waals surface area contributed by atoms with Gasteiger partial charge in [-0.15, -0.1) is 11.3 Å². The number of anilines is 1. The third-order valence-electron chi connectivity index (χ3n) is 3.38. The van der Waals surface area contributed by atoms with Crippen LogP contribution in [0, 0.1) is 13.8 Å². The molecule has 0 radical (unpaired) electrons. The second-order valence-electron chi connectivity index (χ2n) is 5.37. The van der Waals surface area contributed by atoms with E-state index in [-0.39, 0.29) is 10.8 Å². The van der Waals surface area contributed by atoms with Crippen molar-refractivity contribution in [2.45, 2.75) is 33.6 Å². The van der Waals surface area contributed by atoms with Crippen LogP contribution in [0.15, 0.2) is 18.2 Å². The molecule has 2 aromatic rings. The summed E-state index contributed by atoms with van der Waals surface area (Å²) in [6.07, 6.45) is 0. The predicted octanol–water partition coefficient (Wildman–Crippen LogP) is 4.44. The monoisotopic (exact) mass is 289 g/mol. The number of rotatable bonds is 3. The second kappa shape index (κ2) is 5.29. The summed E-state index contributed by atoms with van der Waals surface area (Å²) < 4.78 is 0. The average molecular weight is 289 g/mol. The molecule has 0 atom stereocenters. The lowest BCUT2D eigenvalue weighted by Crippen LogP contribution is -2.00. The Balaban J connectivity index is 2.73. The van der Waals surface area contributed by atoms with Crippen molar-refractivity contribution in [1.29, 1.82) is 0 Å². The Morgan fingerprint density at radius 2 is 1.95 bits per heavy atom. The van der Waals surface area contributed by atoms with E-state index in [0.717, 1.165) is 21.6 Å². The SMILES string of the molecule is Cc1ccc(-c2sc(C(=O)O)c(N)c2C(C)C)c(C)c1. The summed E-state index contributed by atoms with van der Waals surface area (Å²) in [5.41, 5.74) is 10.8. The van der Waals surface area contributed by atoms with Crippen LogP contribution in [0.25, 0.3) is 10.4 Å². The number of benzene rings is 1. The largest absolute Gasteiger partial charge is 0.477 e. The minimum atomic E-state index is -0.953. The van der Waals surface area contributed by atoms with Gasteiger partial charge in [0, 0.05) is 4.88 Å². The molecule has 1 aromatic carbocycles. The highest BCUT2D eigenvalue weighted by Gasteiger charge is 2.23. The molecule has 1 heterocycles. The van der Waals surface area contributed by atoms with Gasteiger partial charge in [-0.2, -0.15) is 0 Å². The number of aromatic carboxylic acids is 1. The van der Waals surface area contributed by atoms with Crippen molar-refractivity contribution in [2.24, 2.45) is 0 Å². The molecule has 0 aliphatic carbocycles. The van der Waals surface area contributed by atoms with Crippen LogP contribution in [0.2, 0.25) is 0 Å². The molecule has 3 nitrogen and oxygen atoms in total. The molecule has 2 rings (SSSR count). The van der Waals surface area contributed by atoms with Crippen molar-refractivity contribution >= 4 is 23.0 Å². The predicted molar refractivity (Wildman–Crippen MR) is 84.7 cm³/mol. The molecule has 0 fully saturated rings. The number of carboxylic acids is 1. The third kappa shape index (κ3) is 2.43. The van der Waals surface area contributed by atoms with Crippen molar-refractivity contribution in [3.63, 3.8) is 0 Å². The van der Waals surface area contributed by atoms with Crippen molar-refractivity contribution in [2.75, 3.05) is 5.73 Å². The number of hydrogen-bond acceptors (Lipinski definition) is 3. The Hall–Kier alpha value is -1.81. The molecule has 0 aliphatic rings. The molecule has 4 heteroatoms. The molecular weight excluding hydrogens is 270 g/mol. The van der Waals surface area contributed by atoms with E-state index in [1.807, 2.05) is 39.8 Å². The molecule has 1 aromatic heterocycles. The van der Waals surface area contributed by atoms with Crippen molar-refractivity contribution in [3.8, 4) is 10.4 Å². The zero-order valence-electron chi connectivity index (χ0n) is 12.2. The third-order valence-corrected chi connectivity index (χ3v) is 4.62. The fourth-order valence-corrected chi connectivity index (χ4v) is 3.76. The van der Waals surface area contributed by atoms with Gasteiger partial charge in [0.2, 0.25) is 0 Å². The van der Waals surface area contributed by atoms with Gasteiger partial charge in [0.25, 0.3) is 0 Å². The standard InChI is InChI=1S/C16H19NO2S/c1-8(2)12-13(17)15(16(18)19)20-14(12)11-6-5-9(3)7-10(11)4/h5-8H,17H2,1-4H3,(H,18,19). The maximum atomic E-state index is 11.3. The minimum Gasteiger partial charge on any atom is -0.477 e. The first-order valence-electron chi connectivity index (χ1n) is 6.56. The van der Waals surface area contributed by atoms with Crippen molar-refractivity contribution in [1.82, 2.24) is 0 Å². The van der Waals surface area contributed by atoms with E-state index in [1.165, 1.54) is 16.9 Å². The van der Waals surface area contributed by atoms with Gasteiger partial charge in [-0.3, -0.25) is 0 Å². The zero-order valence-corrected chi connectivity index (χ0v) is 13.0. The topological polar surface area (TPSA) is 63.3 Å². The Bertz CT molecular complexity index is 671. The van der Waals surface area contributed by atoms with Crippen LogP contribution in [-0.2, 0) is 0 Å². The van der Waals surface area contributed by atoms with E-state index < -0.39 is 5.97 Å². The highest BCUT2D eigenvalue weighted by molar-refractivity contribution is 7.18. The number of nitrogens with two attached hydrogens (primary N) is 1. The summed E-state index contributed by atoms with van der Waals surface area (Å²) >= 11 is 1.27. The first-order valence-corrected chi connectivity index (χ1v) is 7.37. The zero-order chi connectivity index (χ0) is 15.0. The second-order valence-corrected chi connectivity index (χ2v) is 6.39. The van der Waals surface area contributed by atoms with Gasteiger partial charge in [-0.1, -0.05) is 37.6 Å². The molecule has 0 saturated carbocycles. The number of nitrogen functional groups attached to an aromatic ring is 1. The molecule has 20 heavy (non-hydrogen) atoms. The van der Waals surface area contributed by atoms with Gasteiger partial charge in [-0.25, -0.2) is 4.79 Å². The summed E-state index contributed by atoms with van der Waals surface area (Å²) in [6, 6.07) is 6.20. The fourth-order valence-electron chi connectivity index (χ4n) is 2.46. The average Bonchev–Trinajstić information content (AvgIpc) is 2.66. The van der Waals surface area contributed by atoms with Gasteiger partial charge in [0.1, 0.15) is 4.88 Å². The minimum absolute atomic E-state index is 0.190. The lowest BCUT2D eigenvalue weighted by atomic mass is 9.95. The van der Waals surface area contributed by atoms with Crippen LogP contribution < -0.4 is 5.73 Å². The first kappa shape index (κ1) is 14.6. The van der Waals surface area contributed by atoms with Gasteiger partial charge in [-0.05, 0) is 36.5 Å². The van der Waals surface area contributed by atoms with E-state index in [9.17, 15) is 9.90 Å². The van der Waals surface area contributed by atoms with Crippen LogP contribution >= 0.6 is 11.3 Å². The molecule has 0 amide bonds. The number of thiophene rings is 1. The lowest BCUT2D eigenvalue weighted by molar-refractivity contribution is 0.0703. The number of carboxylic acid groups (broad SMARTS) is 1. The molecule has 0 spiro atoms. The molecule has 106 valence electrons. The summed E-state index contributed by atoms with van der Waals surface area (Å²) in [4.78, 5) is 12.5. The number of hydrogen-bond donors (Lipinski definition) is 2. The summed E-state index contributed by atoms with van der Waals surface area (Å²) in [5, 5.41) is 9.28. The van der Waals surface area contributed by atoms with Gasteiger partial charge >= 0.3 is 5.97 Å². The van der Waals surface area contributed by atoms with Gasteiger partial charge in [0.05, 0.1) is 5.69 Å². The Morgan fingerprint density at radius 3 is 2.45 bits per heavy atom. The fraction of sp³-hybridized carbons (Fsp3) is 0.312. The van der Waals surface area contributed by atoms with Crippen LogP contribution in [0.5, 0.6) is 0 Å². The first-order chi connectivity index (χ1) is 9.32. The summed E-state index contributed by atoms with van der Waals surface area (Å²) in [6.45, 7) is 8.17. The lowest BCUT2D eigenvalue weighted by Gasteiger charge is -2.11. The molecule has 0 unspecified atom stereocenters. The summed E-state index contributed by atoms with van der Waals surface area (Å²) in [7, 11) is 0. The highest BCUT2D eigenvalue weighted by Crippen LogP contribution is 2.43. The smallest absolute Gasteiger partial charge is 0.348 e. The van der Waals surface area contributed by atoms with Crippen molar-refractivity contribution < 1.29 is 9.90 Å². The van der Waals surface area contributed by atoms with E-state index in [1.54, 1.807) is 0 Å². The quantitative estimate of drug-likeness (QED) is 0.878. The van der Waals surface area contributed by atoms with Gasteiger partial charge < -0.3 is 10.8 Å². The molecule has 3 N–H and O–H groups in total. The maximum absolute atomic E-state index is 11.3. The van der Waals surface area contributed by atoms with Crippen LogP contribution in [0.3, 0.4) is 0 Å². The molecule has 0 bridgehead atoms.